The van der Waals surface area contributed by atoms with Gasteiger partial charge in [0.1, 0.15) is 0 Å². The van der Waals surface area contributed by atoms with Gasteiger partial charge in [0.2, 0.25) is 0 Å². The first kappa shape index (κ1) is 26.7. The number of carbonyl (C=O) groups is 1. The second-order valence-electron chi connectivity index (χ2n) is 6.14. The summed E-state index contributed by atoms with van der Waals surface area (Å²) < 4.78 is 0. The molecule has 1 aromatic carbocycles. The summed E-state index contributed by atoms with van der Waals surface area (Å²) >= 11 is 0. The van der Waals surface area contributed by atoms with Crippen molar-refractivity contribution in [2.24, 2.45) is 0 Å². The summed E-state index contributed by atoms with van der Waals surface area (Å²) in [5.74, 6) is 7.12. The minimum Gasteiger partial charge on any atom is -0.625 e. The summed E-state index contributed by atoms with van der Waals surface area (Å²) in [5, 5.41) is 5.21. The molecule has 10 radical (unpaired) electrons. The predicted octanol–water partition coefficient (Wildman–Crippen LogP) is 5.36. The van der Waals surface area contributed by atoms with E-state index in [1.54, 1.807) is 18.7 Å². The Morgan fingerprint density at radius 1 is 1.00 bits per heavy atom. The van der Waals surface area contributed by atoms with Crippen LogP contribution in [-0.4, -0.2) is 10.9 Å². The number of hydrogen-bond donors (Lipinski definition) is 0. The molecule has 2 aromatic rings. The summed E-state index contributed by atoms with van der Waals surface area (Å²) in [5.41, 5.74) is 1.32. The quantitative estimate of drug-likeness (QED) is 0.435. The van der Waals surface area contributed by atoms with Crippen molar-refractivity contribution >= 4 is 22.5 Å². The smallest absolute Gasteiger partial charge is 0.625 e. The molecule has 3 nitrogen and oxygen atoms in total. The van der Waals surface area contributed by atoms with Crippen LogP contribution >= 0.6 is 0 Å². The maximum atomic E-state index is 12.5. The van der Waals surface area contributed by atoms with E-state index in [1.165, 1.54) is 0 Å². The Hall–Kier alpha value is -1.30. The number of unbranched alkanes of at least 4 members (excludes halogenated alkanes) is 1. The van der Waals surface area contributed by atoms with Crippen molar-refractivity contribution < 1.29 is 38.9 Å². The normalized spacial score (nSPS) is 15.8. The average Bonchev–Trinajstić information content (AvgIpc) is 3.44. The zero-order valence-electron chi connectivity index (χ0n) is 16.5. The molecule has 1 heterocycles. The molecule has 2 aliphatic rings. The average molecular weight is 485 g/mol. The third-order valence-electron chi connectivity index (χ3n) is 4.03. The van der Waals surface area contributed by atoms with E-state index in [1.807, 2.05) is 69.2 Å². The number of amides is 1. The molecule has 30 heavy (non-hydrogen) atoms. The van der Waals surface area contributed by atoms with E-state index in [-0.39, 0.29) is 40.0 Å². The third-order valence-corrected chi connectivity index (χ3v) is 4.03. The van der Waals surface area contributed by atoms with Crippen LogP contribution in [0.15, 0.2) is 36.5 Å². The molecular formula is C25H21CuFeN2O. The van der Waals surface area contributed by atoms with E-state index in [2.05, 4.69) is 29.1 Å². The molecule has 1 amide bonds. The molecule has 0 unspecified atom stereocenters. The van der Waals surface area contributed by atoms with Crippen molar-refractivity contribution in [2.45, 2.75) is 19.8 Å². The van der Waals surface area contributed by atoms with Gasteiger partial charge in [-0.15, -0.1) is 11.6 Å². The molecule has 0 saturated heterocycles. The topological polar surface area (TPSA) is 44.1 Å². The molecular weight excluding hydrogens is 464 g/mol. The fourth-order valence-corrected chi connectivity index (χ4v) is 2.67. The van der Waals surface area contributed by atoms with Crippen molar-refractivity contribution in [1.29, 1.82) is 0 Å². The van der Waals surface area contributed by atoms with Crippen LogP contribution in [0.4, 0.5) is 5.69 Å². The number of benzene rings is 1. The molecule has 156 valence electrons. The zero-order valence-corrected chi connectivity index (χ0v) is 18.5. The molecule has 4 rings (SSSR count). The van der Waals surface area contributed by atoms with Gasteiger partial charge in [0.15, 0.2) is 0 Å². The molecule has 0 bridgehead atoms. The molecule has 0 aliphatic heterocycles. The van der Waals surface area contributed by atoms with Gasteiger partial charge in [-0.2, -0.15) is 0 Å². The minimum atomic E-state index is -0.283. The van der Waals surface area contributed by atoms with Gasteiger partial charge in [-0.25, -0.2) is 0 Å². The summed E-state index contributed by atoms with van der Waals surface area (Å²) in [4.78, 5) is 16.8. The van der Waals surface area contributed by atoms with E-state index in [0.29, 0.717) is 11.6 Å². The first-order valence-corrected chi connectivity index (χ1v) is 9.30. The Labute approximate surface area is 202 Å². The van der Waals surface area contributed by atoms with Crippen molar-refractivity contribution in [2.75, 3.05) is 0 Å². The van der Waals surface area contributed by atoms with Crippen LogP contribution in [0.5, 0.6) is 0 Å². The number of carbonyl (C=O) groups excluding carboxylic acids is 1. The number of rotatable bonds is 3. The first-order chi connectivity index (χ1) is 13.8. The van der Waals surface area contributed by atoms with Crippen molar-refractivity contribution in [3.63, 3.8) is 0 Å². The van der Waals surface area contributed by atoms with E-state index < -0.39 is 0 Å². The SMILES string of the molecule is CCCC#C[C]1[CH][CH][CH][C]1C(=O)[N-]c1cccc2cccnc12.[CH]1[CH][CH][CH][CH]1.[Cu+].[Fe]. The van der Waals surface area contributed by atoms with Crippen molar-refractivity contribution in [3.8, 4) is 11.8 Å². The second kappa shape index (κ2) is 14.7. The fraction of sp³-hybridized carbons (Fsp3) is 0.120. The van der Waals surface area contributed by atoms with Crippen LogP contribution in [0, 0.1) is 75.0 Å². The molecule has 2 saturated carbocycles. The molecule has 2 aliphatic carbocycles. The Kier molecular flexibility index (Phi) is 13.1. The predicted molar refractivity (Wildman–Crippen MR) is 113 cm³/mol. The maximum absolute atomic E-state index is 12.5. The summed E-state index contributed by atoms with van der Waals surface area (Å²) in [7, 11) is 0. The third kappa shape index (κ3) is 7.75. The standard InChI is InChI=1S/C20H17N2O.C5H5.Cu.Fe/c1-2-3-4-8-15-9-5-12-17(15)20(23)22-18-13-6-10-16-11-7-14-21-19(16)18;1-2-4-5-3-1;;/h5-7,9-14H,2-3H2,1H3,(H,22,23);1-5H;;/q;;+1;/p-1. The van der Waals surface area contributed by atoms with E-state index in [9.17, 15) is 4.79 Å². The van der Waals surface area contributed by atoms with Gasteiger partial charge < -0.3 is 10.1 Å². The minimum absolute atomic E-state index is 0. The Morgan fingerprint density at radius 2 is 1.70 bits per heavy atom. The van der Waals surface area contributed by atoms with Crippen LogP contribution in [0.2, 0.25) is 0 Å². The summed E-state index contributed by atoms with van der Waals surface area (Å²) in [6, 6.07) is 9.46. The Balaban J connectivity index is 0.000000566. The number of aromatic nitrogens is 1. The van der Waals surface area contributed by atoms with Crippen LogP contribution in [0.1, 0.15) is 19.8 Å². The Morgan fingerprint density at radius 3 is 2.40 bits per heavy atom. The number of hydrogen-bond acceptors (Lipinski definition) is 2. The van der Waals surface area contributed by atoms with Gasteiger partial charge >= 0.3 is 17.1 Å². The summed E-state index contributed by atoms with van der Waals surface area (Å²) in [6.45, 7) is 2.08. The molecule has 0 spiro atoms. The molecule has 2 fully saturated rings. The van der Waals surface area contributed by atoms with Gasteiger partial charge in [0.25, 0.3) is 0 Å². The number of pyridine rings is 1. The van der Waals surface area contributed by atoms with Gasteiger partial charge in [0, 0.05) is 35.6 Å². The fourth-order valence-electron chi connectivity index (χ4n) is 2.67. The van der Waals surface area contributed by atoms with Gasteiger partial charge in [-0.1, -0.05) is 37.1 Å². The Bertz CT molecular complexity index is 829. The molecule has 5 heteroatoms. The zero-order chi connectivity index (χ0) is 19.6. The molecule has 0 atom stereocenters. The van der Waals surface area contributed by atoms with Crippen molar-refractivity contribution in [1.82, 2.24) is 4.98 Å². The first-order valence-electron chi connectivity index (χ1n) is 9.30. The van der Waals surface area contributed by atoms with Crippen LogP contribution < -0.4 is 0 Å². The van der Waals surface area contributed by atoms with E-state index in [4.69, 9.17) is 0 Å². The van der Waals surface area contributed by atoms with E-state index >= 15 is 0 Å². The van der Waals surface area contributed by atoms with Gasteiger partial charge in [-0.3, -0.25) is 4.98 Å². The van der Waals surface area contributed by atoms with E-state index in [0.717, 1.165) is 29.7 Å². The molecule has 1 aromatic heterocycles. The second-order valence-corrected chi connectivity index (χ2v) is 6.14. The number of para-hydroxylation sites is 1. The van der Waals surface area contributed by atoms with Crippen LogP contribution in [0.3, 0.4) is 0 Å². The number of nitrogens with zero attached hydrogens (tertiary/aromatic N) is 2. The summed E-state index contributed by atoms with van der Waals surface area (Å²) in [6.07, 6.45) is 19.0. The largest absolute Gasteiger partial charge is 1.00 e. The monoisotopic (exact) mass is 484 g/mol. The van der Waals surface area contributed by atoms with Gasteiger partial charge in [-0.05, 0) is 69.2 Å². The number of fused-ring (bicyclic) bond motifs is 1. The maximum Gasteiger partial charge on any atom is 1.00 e. The van der Waals surface area contributed by atoms with Crippen LogP contribution in [-0.2, 0) is 38.9 Å². The van der Waals surface area contributed by atoms with Crippen molar-refractivity contribution in [3.05, 3.63) is 105 Å². The van der Waals surface area contributed by atoms with Gasteiger partial charge in [0.05, 0.1) is 17.3 Å². The molecule has 0 N–H and O–H groups in total. The van der Waals surface area contributed by atoms with Crippen LogP contribution in [0.25, 0.3) is 16.2 Å².